The minimum Gasteiger partial charge on any atom is -0.493 e. The van der Waals surface area contributed by atoms with E-state index in [0.29, 0.717) is 13.0 Å². The van der Waals surface area contributed by atoms with Crippen molar-refractivity contribution >= 4 is 21.8 Å². The van der Waals surface area contributed by atoms with Crippen molar-refractivity contribution < 1.29 is 9.94 Å². The zero-order chi connectivity index (χ0) is 10.4. The van der Waals surface area contributed by atoms with E-state index in [9.17, 15) is 0 Å². The lowest BCUT2D eigenvalue weighted by atomic mass is 10.3. The van der Waals surface area contributed by atoms with Crippen LogP contribution < -0.4 is 10.5 Å². The molecule has 0 saturated carbocycles. The second kappa shape index (κ2) is 5.49. The normalized spacial score (nSPS) is 11.4. The lowest BCUT2D eigenvalue weighted by Gasteiger charge is -2.04. The molecule has 0 aliphatic heterocycles. The minimum absolute atomic E-state index is 0.169. The van der Waals surface area contributed by atoms with Crippen molar-refractivity contribution in [2.24, 2.45) is 10.9 Å². The number of ether oxygens (including phenoxy) is 1. The number of halogens is 1. The molecule has 0 aromatic heterocycles. The number of amidine groups is 1. The molecule has 0 saturated heterocycles. The van der Waals surface area contributed by atoms with Crippen LogP contribution >= 0.6 is 15.9 Å². The van der Waals surface area contributed by atoms with Gasteiger partial charge < -0.3 is 15.7 Å². The summed E-state index contributed by atoms with van der Waals surface area (Å²) in [6.07, 6.45) is 0.409. The average molecular weight is 259 g/mol. The van der Waals surface area contributed by atoms with Gasteiger partial charge in [0.2, 0.25) is 0 Å². The van der Waals surface area contributed by atoms with E-state index in [1.54, 1.807) is 0 Å². The molecule has 0 bridgehead atoms. The highest BCUT2D eigenvalue weighted by Crippen LogP contribution is 2.15. The molecule has 0 heterocycles. The Morgan fingerprint density at radius 2 is 2.07 bits per heavy atom. The maximum absolute atomic E-state index is 8.27. The zero-order valence-corrected chi connectivity index (χ0v) is 9.07. The second-order valence-electron chi connectivity index (χ2n) is 2.64. The molecule has 3 N–H and O–H groups in total. The first kappa shape index (κ1) is 10.8. The highest BCUT2D eigenvalue weighted by molar-refractivity contribution is 9.10. The minimum atomic E-state index is 0.169. The molecule has 0 aliphatic carbocycles. The van der Waals surface area contributed by atoms with Crippen molar-refractivity contribution in [1.29, 1.82) is 0 Å². The van der Waals surface area contributed by atoms with Crippen molar-refractivity contribution in [2.75, 3.05) is 6.61 Å². The van der Waals surface area contributed by atoms with E-state index in [4.69, 9.17) is 15.7 Å². The molecule has 1 aromatic carbocycles. The van der Waals surface area contributed by atoms with E-state index in [2.05, 4.69) is 21.1 Å². The predicted molar refractivity (Wildman–Crippen MR) is 57.7 cm³/mol. The first-order valence-electron chi connectivity index (χ1n) is 4.07. The van der Waals surface area contributed by atoms with Crippen molar-refractivity contribution in [3.05, 3.63) is 28.7 Å². The second-order valence-corrected chi connectivity index (χ2v) is 3.56. The standard InChI is InChI=1S/C9H11BrN2O2/c10-7-1-3-8(4-2-7)14-6-5-9(11)12-13/h1-4,13H,5-6H2,(H2,11,12). The molecular weight excluding hydrogens is 248 g/mol. The van der Waals surface area contributed by atoms with Crippen LogP contribution in [0.5, 0.6) is 5.75 Å². The third-order valence-corrected chi connectivity index (χ3v) is 2.10. The largest absolute Gasteiger partial charge is 0.493 e. The van der Waals surface area contributed by atoms with Crippen LogP contribution in [0.25, 0.3) is 0 Å². The number of benzene rings is 1. The Labute approximate surface area is 90.5 Å². The van der Waals surface area contributed by atoms with Gasteiger partial charge in [-0.15, -0.1) is 0 Å². The summed E-state index contributed by atoms with van der Waals surface area (Å²) in [6, 6.07) is 7.46. The van der Waals surface area contributed by atoms with Crippen LogP contribution in [0.1, 0.15) is 6.42 Å². The first-order valence-corrected chi connectivity index (χ1v) is 4.86. The molecule has 1 rings (SSSR count). The van der Waals surface area contributed by atoms with Crippen LogP contribution in [0.3, 0.4) is 0 Å². The quantitative estimate of drug-likeness (QED) is 0.376. The topological polar surface area (TPSA) is 67.8 Å². The van der Waals surface area contributed by atoms with Crippen LogP contribution in [0.15, 0.2) is 33.9 Å². The molecule has 1 aromatic rings. The lowest BCUT2D eigenvalue weighted by Crippen LogP contribution is -2.15. The molecule has 0 spiro atoms. The maximum Gasteiger partial charge on any atom is 0.142 e. The fourth-order valence-electron chi connectivity index (χ4n) is 0.854. The van der Waals surface area contributed by atoms with Gasteiger partial charge in [-0.2, -0.15) is 0 Å². The summed E-state index contributed by atoms with van der Waals surface area (Å²) in [5.74, 6) is 0.932. The summed E-state index contributed by atoms with van der Waals surface area (Å²) < 4.78 is 6.34. The van der Waals surface area contributed by atoms with Gasteiger partial charge in [0, 0.05) is 10.9 Å². The zero-order valence-electron chi connectivity index (χ0n) is 7.48. The van der Waals surface area contributed by atoms with Crippen LogP contribution in [0.2, 0.25) is 0 Å². The number of rotatable bonds is 4. The van der Waals surface area contributed by atoms with Gasteiger partial charge >= 0.3 is 0 Å². The Morgan fingerprint density at radius 1 is 1.43 bits per heavy atom. The van der Waals surface area contributed by atoms with Crippen molar-refractivity contribution in [3.63, 3.8) is 0 Å². The van der Waals surface area contributed by atoms with Gasteiger partial charge in [0.15, 0.2) is 0 Å². The van der Waals surface area contributed by atoms with E-state index in [-0.39, 0.29) is 5.84 Å². The monoisotopic (exact) mass is 258 g/mol. The molecule has 0 fully saturated rings. The van der Waals surface area contributed by atoms with Gasteiger partial charge in [-0.3, -0.25) is 0 Å². The van der Waals surface area contributed by atoms with E-state index in [1.165, 1.54) is 0 Å². The summed E-state index contributed by atoms with van der Waals surface area (Å²) >= 11 is 3.32. The van der Waals surface area contributed by atoms with Crippen LogP contribution in [0.4, 0.5) is 0 Å². The fraction of sp³-hybridized carbons (Fsp3) is 0.222. The number of hydrogen-bond donors (Lipinski definition) is 2. The molecular formula is C9H11BrN2O2. The summed E-state index contributed by atoms with van der Waals surface area (Å²) in [4.78, 5) is 0. The highest BCUT2D eigenvalue weighted by Gasteiger charge is 1.95. The number of nitrogens with two attached hydrogens (primary N) is 1. The smallest absolute Gasteiger partial charge is 0.142 e. The summed E-state index contributed by atoms with van der Waals surface area (Å²) in [5.41, 5.74) is 5.27. The molecule has 14 heavy (non-hydrogen) atoms. The van der Waals surface area contributed by atoms with Crippen molar-refractivity contribution in [1.82, 2.24) is 0 Å². The molecule has 4 nitrogen and oxygen atoms in total. The van der Waals surface area contributed by atoms with Crippen LogP contribution in [0, 0.1) is 0 Å². The SMILES string of the molecule is N/C(CCOc1ccc(Br)cc1)=N\O. The summed E-state index contributed by atoms with van der Waals surface area (Å²) in [7, 11) is 0. The Balaban J connectivity index is 2.35. The van der Waals surface area contributed by atoms with Gasteiger partial charge in [-0.25, -0.2) is 0 Å². The molecule has 0 aliphatic rings. The van der Waals surface area contributed by atoms with Gasteiger partial charge in [-0.1, -0.05) is 21.1 Å². The molecule has 5 heteroatoms. The van der Waals surface area contributed by atoms with Crippen molar-refractivity contribution in [3.8, 4) is 5.75 Å². The van der Waals surface area contributed by atoms with Gasteiger partial charge in [0.25, 0.3) is 0 Å². The van der Waals surface area contributed by atoms with Crippen LogP contribution in [-0.2, 0) is 0 Å². The van der Waals surface area contributed by atoms with Gasteiger partial charge in [-0.05, 0) is 24.3 Å². The molecule has 0 unspecified atom stereocenters. The molecule has 0 amide bonds. The number of nitrogens with zero attached hydrogens (tertiary/aromatic N) is 1. The van der Waals surface area contributed by atoms with Gasteiger partial charge in [0.1, 0.15) is 11.6 Å². The third kappa shape index (κ3) is 3.66. The summed E-state index contributed by atoms with van der Waals surface area (Å²) in [5, 5.41) is 11.1. The number of oxime groups is 1. The molecule has 0 atom stereocenters. The van der Waals surface area contributed by atoms with E-state index >= 15 is 0 Å². The Hall–Kier alpha value is -1.23. The summed E-state index contributed by atoms with van der Waals surface area (Å²) in [6.45, 7) is 0.400. The maximum atomic E-state index is 8.27. The average Bonchev–Trinajstić information content (AvgIpc) is 2.21. The van der Waals surface area contributed by atoms with E-state index in [1.807, 2.05) is 24.3 Å². The van der Waals surface area contributed by atoms with Crippen LogP contribution in [-0.4, -0.2) is 17.6 Å². The Kier molecular flexibility index (Phi) is 4.25. The first-order chi connectivity index (χ1) is 6.72. The fourth-order valence-corrected chi connectivity index (χ4v) is 1.12. The predicted octanol–water partition coefficient (Wildman–Crippen LogP) is 1.96. The van der Waals surface area contributed by atoms with Crippen molar-refractivity contribution in [2.45, 2.75) is 6.42 Å². The Bertz CT molecular complexity index is 311. The van der Waals surface area contributed by atoms with Gasteiger partial charge in [0.05, 0.1) is 6.61 Å². The lowest BCUT2D eigenvalue weighted by molar-refractivity contribution is 0.305. The number of hydrogen-bond acceptors (Lipinski definition) is 3. The molecule has 76 valence electrons. The van der Waals surface area contributed by atoms with E-state index in [0.717, 1.165) is 10.2 Å². The molecule has 0 radical (unpaired) electrons. The van der Waals surface area contributed by atoms with E-state index < -0.39 is 0 Å². The Morgan fingerprint density at radius 3 is 2.64 bits per heavy atom. The highest BCUT2D eigenvalue weighted by atomic mass is 79.9. The third-order valence-electron chi connectivity index (χ3n) is 1.57.